The largest absolute Gasteiger partial charge is 0.380 e. The van der Waals surface area contributed by atoms with Gasteiger partial charge in [-0.25, -0.2) is 0 Å². The van der Waals surface area contributed by atoms with Gasteiger partial charge in [0.1, 0.15) is 0 Å². The summed E-state index contributed by atoms with van der Waals surface area (Å²) in [4.78, 5) is 3.18. The number of aromatic nitrogens is 1. The summed E-state index contributed by atoms with van der Waals surface area (Å²) in [6, 6.07) is 13.8. The van der Waals surface area contributed by atoms with Gasteiger partial charge in [-0.1, -0.05) is 29.3 Å². The summed E-state index contributed by atoms with van der Waals surface area (Å²) in [5.74, 6) is 0. The molecule has 3 rings (SSSR count). The lowest BCUT2D eigenvalue weighted by atomic mass is 10.1. The van der Waals surface area contributed by atoms with Crippen LogP contribution in [0.4, 0.5) is 5.69 Å². The topological polar surface area (TPSA) is 27.8 Å². The van der Waals surface area contributed by atoms with Gasteiger partial charge in [-0.3, -0.25) is 0 Å². The van der Waals surface area contributed by atoms with E-state index in [1.54, 1.807) is 12.1 Å². The molecule has 1 heterocycles. The van der Waals surface area contributed by atoms with Crippen LogP contribution in [-0.2, 0) is 6.54 Å². The van der Waals surface area contributed by atoms with E-state index in [0.717, 1.165) is 11.2 Å². The molecule has 19 heavy (non-hydrogen) atoms. The Kier molecular flexibility index (Phi) is 3.36. The average molecular weight is 291 g/mol. The maximum atomic E-state index is 6.11. The van der Waals surface area contributed by atoms with E-state index in [1.165, 1.54) is 10.9 Å². The fraction of sp³-hybridized carbons (Fsp3) is 0.0667. The maximum Gasteiger partial charge on any atom is 0.0638 e. The molecule has 2 nitrogen and oxygen atoms in total. The zero-order valence-corrected chi connectivity index (χ0v) is 11.6. The molecule has 0 spiro atoms. The molecular formula is C15H12Cl2N2. The van der Waals surface area contributed by atoms with Crippen LogP contribution in [0.15, 0.2) is 48.7 Å². The van der Waals surface area contributed by atoms with Crippen LogP contribution in [0.3, 0.4) is 0 Å². The highest BCUT2D eigenvalue weighted by atomic mass is 35.5. The number of hydrogen-bond acceptors (Lipinski definition) is 1. The van der Waals surface area contributed by atoms with E-state index in [1.807, 2.05) is 12.3 Å². The lowest BCUT2D eigenvalue weighted by molar-refractivity contribution is 1.15. The minimum Gasteiger partial charge on any atom is -0.380 e. The number of rotatable bonds is 3. The zero-order valence-electron chi connectivity index (χ0n) is 10.1. The highest BCUT2D eigenvalue weighted by molar-refractivity contribution is 6.35. The first kappa shape index (κ1) is 12.4. The van der Waals surface area contributed by atoms with Crippen LogP contribution < -0.4 is 5.32 Å². The van der Waals surface area contributed by atoms with E-state index < -0.39 is 0 Å². The van der Waals surface area contributed by atoms with E-state index in [-0.39, 0.29) is 0 Å². The van der Waals surface area contributed by atoms with Gasteiger partial charge < -0.3 is 10.3 Å². The predicted octanol–water partition coefficient (Wildman–Crippen LogP) is 5.09. The standard InChI is InChI=1S/C15H12Cl2N2/c16-12-2-3-13(17)15(8-12)19-9-10-1-4-14-11(7-10)5-6-18-14/h1-8,18-19H,9H2. The normalized spacial score (nSPS) is 10.8. The molecule has 3 aromatic rings. The second kappa shape index (κ2) is 5.16. The Morgan fingerprint density at radius 3 is 2.79 bits per heavy atom. The molecule has 1 aromatic heterocycles. The first-order valence-corrected chi connectivity index (χ1v) is 6.73. The number of fused-ring (bicyclic) bond motifs is 1. The van der Waals surface area contributed by atoms with Crippen molar-refractivity contribution in [2.24, 2.45) is 0 Å². The van der Waals surface area contributed by atoms with Crippen LogP contribution in [-0.4, -0.2) is 4.98 Å². The third kappa shape index (κ3) is 2.70. The predicted molar refractivity (Wildman–Crippen MR) is 82.1 cm³/mol. The van der Waals surface area contributed by atoms with Crippen molar-refractivity contribution in [3.05, 3.63) is 64.3 Å². The molecule has 0 atom stereocenters. The SMILES string of the molecule is Clc1ccc(Cl)c(NCc2ccc3[nH]ccc3c2)c1. The maximum absolute atomic E-state index is 6.11. The van der Waals surface area contributed by atoms with E-state index in [4.69, 9.17) is 23.2 Å². The van der Waals surface area contributed by atoms with E-state index in [2.05, 4.69) is 34.6 Å². The highest BCUT2D eigenvalue weighted by Crippen LogP contribution is 2.26. The zero-order chi connectivity index (χ0) is 13.2. The smallest absolute Gasteiger partial charge is 0.0638 e. The first-order chi connectivity index (χ1) is 9.22. The number of hydrogen-bond donors (Lipinski definition) is 2. The summed E-state index contributed by atoms with van der Waals surface area (Å²) in [6.45, 7) is 0.710. The van der Waals surface area contributed by atoms with Gasteiger partial charge in [-0.05, 0) is 47.3 Å². The minimum atomic E-state index is 0.673. The number of H-pyrrole nitrogens is 1. The van der Waals surface area contributed by atoms with Crippen molar-refractivity contribution in [2.75, 3.05) is 5.32 Å². The number of benzene rings is 2. The Hall–Kier alpha value is -1.64. The summed E-state index contributed by atoms with van der Waals surface area (Å²) in [7, 11) is 0. The lowest BCUT2D eigenvalue weighted by Gasteiger charge is -2.09. The fourth-order valence-corrected chi connectivity index (χ4v) is 2.40. The van der Waals surface area contributed by atoms with Crippen molar-refractivity contribution in [1.29, 1.82) is 0 Å². The molecule has 0 unspecified atom stereocenters. The molecule has 0 saturated heterocycles. The lowest BCUT2D eigenvalue weighted by Crippen LogP contribution is -1.99. The Morgan fingerprint density at radius 1 is 1.00 bits per heavy atom. The van der Waals surface area contributed by atoms with Gasteiger partial charge in [0, 0.05) is 23.3 Å². The minimum absolute atomic E-state index is 0.673. The molecule has 2 N–H and O–H groups in total. The molecule has 0 amide bonds. The molecule has 0 aliphatic carbocycles. The van der Waals surface area contributed by atoms with Gasteiger partial charge >= 0.3 is 0 Å². The van der Waals surface area contributed by atoms with Crippen molar-refractivity contribution in [2.45, 2.75) is 6.54 Å². The molecule has 0 saturated carbocycles. The second-order valence-electron chi connectivity index (χ2n) is 4.38. The number of aromatic amines is 1. The number of anilines is 1. The molecule has 4 heteroatoms. The van der Waals surface area contributed by atoms with Gasteiger partial charge in [0.25, 0.3) is 0 Å². The first-order valence-electron chi connectivity index (χ1n) is 5.97. The highest BCUT2D eigenvalue weighted by Gasteiger charge is 2.02. The van der Waals surface area contributed by atoms with Crippen LogP contribution in [0.25, 0.3) is 10.9 Å². The molecular weight excluding hydrogens is 279 g/mol. The second-order valence-corrected chi connectivity index (χ2v) is 5.22. The molecule has 0 aliphatic heterocycles. The average Bonchev–Trinajstić information content (AvgIpc) is 2.87. The molecule has 0 aliphatic rings. The molecule has 0 fully saturated rings. The molecule has 2 aromatic carbocycles. The Balaban J connectivity index is 1.79. The van der Waals surface area contributed by atoms with Crippen LogP contribution in [0, 0.1) is 0 Å². The molecule has 0 bridgehead atoms. The van der Waals surface area contributed by atoms with Crippen molar-refractivity contribution in [1.82, 2.24) is 4.98 Å². The summed E-state index contributed by atoms with van der Waals surface area (Å²) >= 11 is 12.1. The Bertz CT molecular complexity index is 719. The number of halogens is 2. The third-order valence-corrected chi connectivity index (χ3v) is 3.59. The quantitative estimate of drug-likeness (QED) is 0.691. The van der Waals surface area contributed by atoms with Gasteiger partial charge in [0.15, 0.2) is 0 Å². The van der Waals surface area contributed by atoms with Crippen LogP contribution >= 0.6 is 23.2 Å². The molecule has 96 valence electrons. The van der Waals surface area contributed by atoms with Gasteiger partial charge in [0.2, 0.25) is 0 Å². The van der Waals surface area contributed by atoms with Crippen molar-refractivity contribution < 1.29 is 0 Å². The summed E-state index contributed by atoms with van der Waals surface area (Å²) < 4.78 is 0. The van der Waals surface area contributed by atoms with Crippen molar-refractivity contribution in [3.63, 3.8) is 0 Å². The fourth-order valence-electron chi connectivity index (χ4n) is 2.04. The van der Waals surface area contributed by atoms with Crippen molar-refractivity contribution in [3.8, 4) is 0 Å². The van der Waals surface area contributed by atoms with E-state index >= 15 is 0 Å². The Labute approximate surface area is 121 Å². The Morgan fingerprint density at radius 2 is 1.89 bits per heavy atom. The van der Waals surface area contributed by atoms with Crippen LogP contribution in [0.5, 0.6) is 0 Å². The number of nitrogens with one attached hydrogen (secondary N) is 2. The van der Waals surface area contributed by atoms with Crippen molar-refractivity contribution >= 4 is 39.8 Å². The van der Waals surface area contributed by atoms with Gasteiger partial charge in [-0.2, -0.15) is 0 Å². The van der Waals surface area contributed by atoms with E-state index in [9.17, 15) is 0 Å². The summed E-state index contributed by atoms with van der Waals surface area (Å²) in [5.41, 5.74) is 3.19. The third-order valence-electron chi connectivity index (χ3n) is 3.03. The monoisotopic (exact) mass is 290 g/mol. The van der Waals surface area contributed by atoms with Crippen LogP contribution in [0.1, 0.15) is 5.56 Å². The summed E-state index contributed by atoms with van der Waals surface area (Å²) in [6.07, 6.45) is 1.94. The summed E-state index contributed by atoms with van der Waals surface area (Å²) in [5, 5.41) is 5.85. The van der Waals surface area contributed by atoms with Gasteiger partial charge in [0.05, 0.1) is 10.7 Å². The van der Waals surface area contributed by atoms with Crippen LogP contribution in [0.2, 0.25) is 10.0 Å². The van der Waals surface area contributed by atoms with E-state index in [0.29, 0.717) is 16.6 Å². The molecule has 0 radical (unpaired) electrons. The van der Waals surface area contributed by atoms with Gasteiger partial charge in [-0.15, -0.1) is 0 Å².